The standard InChI is InChI=1S/C16H25NO2S/c1-14-4-6-15(7-5-14)16(2,3)8-9-17-10-12-20(18,19)13-11-17/h4-7H,8-13H2,1-3H3. The molecule has 1 aliphatic rings. The van der Waals surface area contributed by atoms with Crippen LogP contribution < -0.4 is 0 Å². The Morgan fingerprint density at radius 3 is 2.20 bits per heavy atom. The average molecular weight is 295 g/mol. The number of rotatable bonds is 4. The molecule has 0 saturated carbocycles. The minimum atomic E-state index is -2.77. The van der Waals surface area contributed by atoms with Crippen molar-refractivity contribution in [2.45, 2.75) is 32.6 Å². The molecular formula is C16H25NO2S. The normalized spacial score (nSPS) is 19.9. The predicted molar refractivity (Wildman–Crippen MR) is 83.9 cm³/mol. The lowest BCUT2D eigenvalue weighted by atomic mass is 9.81. The van der Waals surface area contributed by atoms with E-state index in [-0.39, 0.29) is 5.41 Å². The van der Waals surface area contributed by atoms with Gasteiger partial charge < -0.3 is 4.90 Å². The Labute approximate surface area is 122 Å². The minimum Gasteiger partial charge on any atom is -0.301 e. The average Bonchev–Trinajstić information content (AvgIpc) is 2.38. The number of aryl methyl sites for hydroxylation is 1. The molecule has 112 valence electrons. The van der Waals surface area contributed by atoms with Crippen LogP contribution in [0.2, 0.25) is 0 Å². The monoisotopic (exact) mass is 295 g/mol. The van der Waals surface area contributed by atoms with Gasteiger partial charge in [-0.05, 0) is 30.9 Å². The third-order valence-electron chi connectivity index (χ3n) is 4.32. The van der Waals surface area contributed by atoms with E-state index >= 15 is 0 Å². The summed E-state index contributed by atoms with van der Waals surface area (Å²) in [5, 5.41) is 0. The van der Waals surface area contributed by atoms with E-state index in [1.807, 2.05) is 0 Å². The molecule has 0 spiro atoms. The van der Waals surface area contributed by atoms with E-state index in [0.717, 1.165) is 13.0 Å². The van der Waals surface area contributed by atoms with Crippen molar-refractivity contribution in [3.05, 3.63) is 35.4 Å². The van der Waals surface area contributed by atoms with Gasteiger partial charge in [0.1, 0.15) is 0 Å². The second kappa shape index (κ2) is 5.86. The Bertz CT molecular complexity index is 532. The van der Waals surface area contributed by atoms with Crippen molar-refractivity contribution in [2.75, 3.05) is 31.1 Å². The summed E-state index contributed by atoms with van der Waals surface area (Å²) < 4.78 is 22.8. The lowest BCUT2D eigenvalue weighted by Gasteiger charge is -2.31. The van der Waals surface area contributed by atoms with Crippen LogP contribution >= 0.6 is 0 Å². The van der Waals surface area contributed by atoms with Gasteiger partial charge in [0.05, 0.1) is 11.5 Å². The molecule has 0 bridgehead atoms. The summed E-state index contributed by atoms with van der Waals surface area (Å²) in [6.07, 6.45) is 1.05. The Kier molecular flexibility index (Phi) is 4.55. The van der Waals surface area contributed by atoms with Gasteiger partial charge in [0.25, 0.3) is 0 Å². The van der Waals surface area contributed by atoms with Crippen LogP contribution in [0.25, 0.3) is 0 Å². The maximum Gasteiger partial charge on any atom is 0.152 e. The molecule has 4 heteroatoms. The van der Waals surface area contributed by atoms with Gasteiger partial charge in [-0.15, -0.1) is 0 Å². The molecule has 20 heavy (non-hydrogen) atoms. The maximum absolute atomic E-state index is 11.4. The van der Waals surface area contributed by atoms with Crippen molar-refractivity contribution < 1.29 is 8.42 Å². The molecule has 1 aromatic rings. The van der Waals surface area contributed by atoms with Crippen LogP contribution in [0.3, 0.4) is 0 Å². The van der Waals surface area contributed by atoms with Crippen molar-refractivity contribution in [2.24, 2.45) is 0 Å². The van der Waals surface area contributed by atoms with Crippen molar-refractivity contribution in [1.82, 2.24) is 4.90 Å². The molecule has 1 saturated heterocycles. The molecule has 1 aromatic carbocycles. The van der Waals surface area contributed by atoms with Gasteiger partial charge in [-0.3, -0.25) is 0 Å². The quantitative estimate of drug-likeness (QED) is 0.856. The first-order chi connectivity index (χ1) is 9.28. The van der Waals surface area contributed by atoms with Crippen molar-refractivity contribution in [3.8, 4) is 0 Å². The second-order valence-corrected chi connectivity index (χ2v) is 8.80. The van der Waals surface area contributed by atoms with Crippen LogP contribution in [0.4, 0.5) is 0 Å². The van der Waals surface area contributed by atoms with Crippen LogP contribution in [-0.4, -0.2) is 44.5 Å². The fraction of sp³-hybridized carbons (Fsp3) is 0.625. The number of nitrogens with zero attached hydrogens (tertiary/aromatic N) is 1. The summed E-state index contributed by atoms with van der Waals surface area (Å²) in [6, 6.07) is 8.72. The van der Waals surface area contributed by atoms with Gasteiger partial charge in [-0.1, -0.05) is 43.7 Å². The highest BCUT2D eigenvalue weighted by atomic mass is 32.2. The molecule has 0 radical (unpaired) electrons. The summed E-state index contributed by atoms with van der Waals surface area (Å²) in [5.74, 6) is 0.635. The Morgan fingerprint density at radius 1 is 1.10 bits per heavy atom. The van der Waals surface area contributed by atoms with Crippen molar-refractivity contribution in [1.29, 1.82) is 0 Å². The molecule has 1 heterocycles. The third-order valence-corrected chi connectivity index (χ3v) is 5.93. The second-order valence-electron chi connectivity index (χ2n) is 6.49. The number of benzene rings is 1. The van der Waals surface area contributed by atoms with Gasteiger partial charge in [-0.2, -0.15) is 0 Å². The lowest BCUT2D eigenvalue weighted by Crippen LogP contribution is -2.42. The maximum atomic E-state index is 11.4. The molecule has 0 unspecified atom stereocenters. The van der Waals surface area contributed by atoms with E-state index in [2.05, 4.69) is 49.9 Å². The van der Waals surface area contributed by atoms with Crippen LogP contribution in [0, 0.1) is 6.92 Å². The van der Waals surface area contributed by atoms with E-state index in [0.29, 0.717) is 24.6 Å². The highest BCUT2D eigenvalue weighted by Crippen LogP contribution is 2.27. The predicted octanol–water partition coefficient (Wildman–Crippen LogP) is 2.39. The molecule has 0 amide bonds. The number of hydrogen-bond acceptors (Lipinski definition) is 3. The lowest BCUT2D eigenvalue weighted by molar-refractivity contribution is 0.265. The summed E-state index contributed by atoms with van der Waals surface area (Å²) in [7, 11) is -2.77. The zero-order chi connectivity index (χ0) is 14.8. The Morgan fingerprint density at radius 2 is 1.65 bits per heavy atom. The van der Waals surface area contributed by atoms with E-state index in [4.69, 9.17) is 0 Å². The molecule has 0 aliphatic carbocycles. The summed E-state index contributed by atoms with van der Waals surface area (Å²) in [5.41, 5.74) is 2.77. The van der Waals surface area contributed by atoms with Crippen LogP contribution in [0.1, 0.15) is 31.4 Å². The van der Waals surface area contributed by atoms with Gasteiger partial charge in [0.2, 0.25) is 0 Å². The molecular weight excluding hydrogens is 270 g/mol. The van der Waals surface area contributed by atoms with Crippen LogP contribution in [-0.2, 0) is 15.3 Å². The largest absolute Gasteiger partial charge is 0.301 e. The third kappa shape index (κ3) is 4.06. The first-order valence-electron chi connectivity index (χ1n) is 7.28. The van der Waals surface area contributed by atoms with Crippen molar-refractivity contribution >= 4 is 9.84 Å². The fourth-order valence-corrected chi connectivity index (χ4v) is 3.84. The van der Waals surface area contributed by atoms with E-state index in [9.17, 15) is 8.42 Å². The molecule has 1 fully saturated rings. The molecule has 0 atom stereocenters. The topological polar surface area (TPSA) is 37.4 Å². The molecule has 1 aliphatic heterocycles. The van der Waals surface area contributed by atoms with Crippen molar-refractivity contribution in [3.63, 3.8) is 0 Å². The Hall–Kier alpha value is -0.870. The SMILES string of the molecule is Cc1ccc(C(C)(C)CCN2CCS(=O)(=O)CC2)cc1. The molecule has 2 rings (SSSR count). The number of hydrogen-bond donors (Lipinski definition) is 0. The van der Waals surface area contributed by atoms with E-state index in [1.54, 1.807) is 0 Å². The summed E-state index contributed by atoms with van der Waals surface area (Å²) >= 11 is 0. The highest BCUT2D eigenvalue weighted by Gasteiger charge is 2.25. The van der Waals surface area contributed by atoms with E-state index < -0.39 is 9.84 Å². The fourth-order valence-electron chi connectivity index (χ4n) is 2.56. The van der Waals surface area contributed by atoms with Crippen LogP contribution in [0.5, 0.6) is 0 Å². The molecule has 0 aromatic heterocycles. The van der Waals surface area contributed by atoms with Gasteiger partial charge in [0.15, 0.2) is 9.84 Å². The zero-order valence-electron chi connectivity index (χ0n) is 12.7. The summed E-state index contributed by atoms with van der Waals surface area (Å²) in [6.45, 7) is 8.97. The van der Waals surface area contributed by atoms with E-state index in [1.165, 1.54) is 11.1 Å². The first kappa shape index (κ1) is 15.5. The zero-order valence-corrected chi connectivity index (χ0v) is 13.5. The number of sulfone groups is 1. The molecule has 3 nitrogen and oxygen atoms in total. The Balaban J connectivity index is 1.91. The van der Waals surface area contributed by atoms with Gasteiger partial charge in [-0.25, -0.2) is 8.42 Å². The molecule has 0 N–H and O–H groups in total. The van der Waals surface area contributed by atoms with Crippen LogP contribution in [0.15, 0.2) is 24.3 Å². The van der Waals surface area contributed by atoms with Gasteiger partial charge >= 0.3 is 0 Å². The smallest absolute Gasteiger partial charge is 0.152 e. The van der Waals surface area contributed by atoms with Gasteiger partial charge in [0, 0.05) is 13.1 Å². The minimum absolute atomic E-state index is 0.129. The first-order valence-corrected chi connectivity index (χ1v) is 9.11. The highest BCUT2D eigenvalue weighted by molar-refractivity contribution is 7.91. The summed E-state index contributed by atoms with van der Waals surface area (Å²) in [4.78, 5) is 2.27.